The number of hydrogen-bond donors (Lipinski definition) is 3. The van der Waals surface area contributed by atoms with Gasteiger partial charge in [0.25, 0.3) is 0 Å². The number of aliphatic hydroxyl groups excluding tert-OH is 1. The Hall–Kier alpha value is -2.37. The van der Waals surface area contributed by atoms with Crippen LogP contribution in [0.1, 0.15) is 100 Å². The van der Waals surface area contributed by atoms with Crippen LogP contribution in [0.5, 0.6) is 0 Å². The molecule has 0 bridgehead atoms. The van der Waals surface area contributed by atoms with Gasteiger partial charge in [-0.25, -0.2) is 4.79 Å². The molecule has 194 valence electrons. The fourth-order valence-electron chi connectivity index (χ4n) is 4.19. The highest BCUT2D eigenvalue weighted by Crippen LogP contribution is 2.30. The second-order valence-corrected chi connectivity index (χ2v) is 11.7. The van der Waals surface area contributed by atoms with Crippen LogP contribution >= 0.6 is 11.3 Å². The van der Waals surface area contributed by atoms with Crippen LogP contribution in [0, 0.1) is 23.2 Å². The molecule has 1 aromatic rings. The molecule has 1 aromatic heterocycles. The number of carbonyl (C=O) groups excluding carboxylic acids is 2. The fourth-order valence-corrected chi connectivity index (χ4v) is 5.05. The molecule has 0 saturated heterocycles. The topological polar surface area (TPSA) is 107 Å². The van der Waals surface area contributed by atoms with E-state index in [2.05, 4.69) is 24.1 Å². The highest BCUT2D eigenvalue weighted by Gasteiger charge is 2.24. The number of hydrogen-bond acceptors (Lipinski definition) is 5. The predicted octanol–water partition coefficient (Wildman–Crippen LogP) is 4.81. The third-order valence-corrected chi connectivity index (χ3v) is 7.20. The van der Waals surface area contributed by atoms with Gasteiger partial charge in [0.1, 0.15) is 11.4 Å². The lowest BCUT2D eigenvalue weighted by molar-refractivity contribution is -0.122. The van der Waals surface area contributed by atoms with Crippen molar-refractivity contribution in [3.63, 3.8) is 0 Å². The summed E-state index contributed by atoms with van der Waals surface area (Å²) in [6.07, 6.45) is 10.2. The number of anilines is 1. The first-order chi connectivity index (χ1) is 16.5. The van der Waals surface area contributed by atoms with Crippen molar-refractivity contribution in [3.8, 4) is 11.8 Å². The van der Waals surface area contributed by atoms with Crippen molar-refractivity contribution in [2.75, 3.05) is 11.4 Å². The summed E-state index contributed by atoms with van der Waals surface area (Å²) >= 11 is 0.982. The minimum absolute atomic E-state index is 0.0288. The largest absolute Gasteiger partial charge is 0.477 e. The molecule has 2 amide bonds. The molecule has 7 nitrogen and oxygen atoms in total. The van der Waals surface area contributed by atoms with Gasteiger partial charge in [0.15, 0.2) is 0 Å². The van der Waals surface area contributed by atoms with E-state index in [-0.39, 0.29) is 40.6 Å². The number of nitrogens with zero attached hydrogens (tertiary/aromatic N) is 1. The van der Waals surface area contributed by atoms with Gasteiger partial charge in [-0.2, -0.15) is 0 Å². The molecule has 2 aliphatic carbocycles. The van der Waals surface area contributed by atoms with E-state index in [1.807, 2.05) is 20.8 Å². The van der Waals surface area contributed by atoms with Crippen molar-refractivity contribution in [3.05, 3.63) is 15.8 Å². The van der Waals surface area contributed by atoms with E-state index < -0.39 is 5.97 Å². The number of aromatic carboxylic acids is 1. The molecule has 2 saturated carbocycles. The van der Waals surface area contributed by atoms with E-state index >= 15 is 0 Å². The Morgan fingerprint density at radius 2 is 1.77 bits per heavy atom. The Morgan fingerprint density at radius 3 is 2.26 bits per heavy atom. The summed E-state index contributed by atoms with van der Waals surface area (Å²) < 4.78 is 0. The van der Waals surface area contributed by atoms with E-state index in [0.717, 1.165) is 22.2 Å². The molecule has 3 N–H and O–H groups in total. The molecule has 0 radical (unpaired) electrons. The first-order valence-electron chi connectivity index (χ1n) is 12.6. The second-order valence-electron chi connectivity index (χ2n) is 10.7. The van der Waals surface area contributed by atoms with Crippen molar-refractivity contribution >= 4 is 35.3 Å². The SMILES string of the molecule is CC(C)(C)C#Cc1cc(N(C=O)CC(=O)NC2CCC(O)CC2)c(C(=O)O)s1.CC1CCCCC1. The van der Waals surface area contributed by atoms with Gasteiger partial charge in [0, 0.05) is 11.5 Å². The average molecular weight is 505 g/mol. The quantitative estimate of drug-likeness (QED) is 0.381. The third-order valence-electron chi connectivity index (χ3n) is 6.17. The Morgan fingerprint density at radius 1 is 1.14 bits per heavy atom. The Kier molecular flexibility index (Phi) is 11.3. The summed E-state index contributed by atoms with van der Waals surface area (Å²) in [6.45, 7) is 7.92. The highest BCUT2D eigenvalue weighted by atomic mass is 32.1. The standard InChI is InChI=1S/C20H26N2O5S.C7H14/c1-20(2,3)9-8-15-10-16(18(28-15)19(26)27)22(12-23)11-17(25)21-13-4-6-14(24)7-5-13;1-7-5-3-2-4-6-7/h10,12-14,24H,4-7,11H2,1-3H3,(H,21,25)(H,26,27);7H,2-6H2,1H3. The van der Waals surface area contributed by atoms with Crippen LogP contribution in [0.3, 0.4) is 0 Å². The molecule has 8 heteroatoms. The van der Waals surface area contributed by atoms with Crippen molar-refractivity contribution < 1.29 is 24.6 Å². The van der Waals surface area contributed by atoms with Crippen LogP contribution in [0.15, 0.2) is 6.07 Å². The van der Waals surface area contributed by atoms with Gasteiger partial charge in [-0.05, 0) is 58.4 Å². The molecule has 2 fully saturated rings. The van der Waals surface area contributed by atoms with Gasteiger partial charge in [0.05, 0.1) is 16.7 Å². The van der Waals surface area contributed by atoms with Gasteiger partial charge in [-0.1, -0.05) is 50.9 Å². The predicted molar refractivity (Wildman–Crippen MR) is 140 cm³/mol. The van der Waals surface area contributed by atoms with Gasteiger partial charge < -0.3 is 20.4 Å². The molecule has 1 heterocycles. The van der Waals surface area contributed by atoms with E-state index in [1.165, 1.54) is 38.2 Å². The van der Waals surface area contributed by atoms with E-state index in [1.54, 1.807) is 0 Å². The van der Waals surface area contributed by atoms with Crippen molar-refractivity contribution in [2.45, 2.75) is 97.6 Å². The van der Waals surface area contributed by atoms with E-state index in [9.17, 15) is 24.6 Å². The van der Waals surface area contributed by atoms with E-state index in [4.69, 9.17) is 0 Å². The van der Waals surface area contributed by atoms with Crippen molar-refractivity contribution in [2.24, 2.45) is 11.3 Å². The Balaban J connectivity index is 0.000000527. The van der Waals surface area contributed by atoms with Gasteiger partial charge in [-0.15, -0.1) is 11.3 Å². The monoisotopic (exact) mass is 504 g/mol. The van der Waals surface area contributed by atoms with Gasteiger partial charge >= 0.3 is 5.97 Å². The highest BCUT2D eigenvalue weighted by molar-refractivity contribution is 7.15. The molecule has 0 atom stereocenters. The summed E-state index contributed by atoms with van der Waals surface area (Å²) in [6, 6.07) is 1.49. The summed E-state index contributed by atoms with van der Waals surface area (Å²) in [5, 5.41) is 21.9. The van der Waals surface area contributed by atoms with Crippen LogP contribution in [-0.4, -0.2) is 47.2 Å². The molecule has 0 unspecified atom stereocenters. The summed E-state index contributed by atoms with van der Waals surface area (Å²) in [7, 11) is 0. The fraction of sp³-hybridized carbons (Fsp3) is 0.667. The number of rotatable bonds is 6. The maximum Gasteiger partial charge on any atom is 0.348 e. The van der Waals surface area contributed by atoms with Crippen LogP contribution in [0.4, 0.5) is 5.69 Å². The number of thiophene rings is 1. The number of amides is 2. The lowest BCUT2D eigenvalue weighted by Gasteiger charge is -2.27. The Bertz CT molecular complexity index is 910. The van der Waals surface area contributed by atoms with Crippen molar-refractivity contribution in [1.29, 1.82) is 0 Å². The third kappa shape index (κ3) is 10.4. The van der Waals surface area contributed by atoms with Crippen LogP contribution < -0.4 is 10.2 Å². The zero-order chi connectivity index (χ0) is 26.0. The van der Waals surface area contributed by atoms with Gasteiger partial charge in [-0.3, -0.25) is 9.59 Å². The minimum Gasteiger partial charge on any atom is -0.477 e. The lowest BCUT2D eigenvalue weighted by Crippen LogP contribution is -2.43. The average Bonchev–Trinajstić information content (AvgIpc) is 3.23. The zero-order valence-corrected chi connectivity index (χ0v) is 22.2. The molecule has 35 heavy (non-hydrogen) atoms. The van der Waals surface area contributed by atoms with Crippen LogP contribution in [0.25, 0.3) is 0 Å². The normalized spacial score (nSPS) is 20.5. The number of nitrogens with one attached hydrogen (secondary N) is 1. The van der Waals surface area contributed by atoms with E-state index in [0.29, 0.717) is 37.0 Å². The molecule has 0 aromatic carbocycles. The number of carboxylic acids is 1. The zero-order valence-electron chi connectivity index (χ0n) is 21.4. The molecule has 0 spiro atoms. The summed E-state index contributed by atoms with van der Waals surface area (Å²) in [4.78, 5) is 37.1. The number of carboxylic acid groups (broad SMARTS) is 1. The molecular weight excluding hydrogens is 464 g/mol. The lowest BCUT2D eigenvalue weighted by atomic mass is 9.91. The minimum atomic E-state index is -1.17. The Labute approximate surface area is 213 Å². The molecule has 2 aliphatic rings. The molecular formula is C27H40N2O5S. The maximum absolute atomic E-state index is 12.3. The summed E-state index contributed by atoms with van der Waals surface area (Å²) in [5.41, 5.74) is -0.0781. The molecule has 3 rings (SSSR count). The first kappa shape index (κ1) is 28.9. The van der Waals surface area contributed by atoms with Crippen molar-refractivity contribution in [1.82, 2.24) is 5.32 Å². The van der Waals surface area contributed by atoms with Crippen LogP contribution in [0.2, 0.25) is 0 Å². The van der Waals surface area contributed by atoms with Gasteiger partial charge in [0.2, 0.25) is 12.3 Å². The number of carbonyl (C=O) groups is 3. The second kappa shape index (κ2) is 13.6. The number of aliphatic hydroxyl groups is 1. The maximum atomic E-state index is 12.3. The first-order valence-corrected chi connectivity index (χ1v) is 13.4. The smallest absolute Gasteiger partial charge is 0.348 e. The molecule has 0 aliphatic heterocycles. The van der Waals surface area contributed by atoms with Crippen LogP contribution in [-0.2, 0) is 9.59 Å². The summed E-state index contributed by atoms with van der Waals surface area (Å²) in [5.74, 6) is 5.48.